The molecule has 1 atom stereocenters. The Labute approximate surface area is 177 Å². The highest BCUT2D eigenvalue weighted by Gasteiger charge is 2.25. The van der Waals surface area contributed by atoms with Gasteiger partial charge in [0.15, 0.2) is 0 Å². The Hall–Kier alpha value is -2.30. The van der Waals surface area contributed by atoms with Gasteiger partial charge in [0.2, 0.25) is 5.91 Å². The minimum atomic E-state index is 0.0918. The molecule has 0 bridgehead atoms. The number of aromatic amines is 1. The molecule has 1 saturated heterocycles. The monoisotopic (exact) mass is 409 g/mol. The van der Waals surface area contributed by atoms with Crippen molar-refractivity contribution in [3.8, 4) is 0 Å². The van der Waals surface area contributed by atoms with Gasteiger partial charge in [0.1, 0.15) is 0 Å². The summed E-state index contributed by atoms with van der Waals surface area (Å²) in [5.41, 5.74) is 4.91. The molecule has 0 spiro atoms. The van der Waals surface area contributed by atoms with E-state index in [2.05, 4.69) is 51.7 Å². The number of hydrogen-bond acceptors (Lipinski definition) is 2. The first kappa shape index (κ1) is 20.0. The van der Waals surface area contributed by atoms with E-state index in [0.29, 0.717) is 19.0 Å². The van der Waals surface area contributed by atoms with Gasteiger partial charge in [-0.2, -0.15) is 0 Å². The molecule has 4 rings (SSSR count). The molecule has 2 N–H and O–H groups in total. The van der Waals surface area contributed by atoms with Crippen LogP contribution < -0.4 is 5.32 Å². The first-order chi connectivity index (χ1) is 14.1. The topological polar surface area (TPSA) is 48.1 Å². The average Bonchev–Trinajstić information content (AvgIpc) is 3.14. The number of rotatable bonds is 6. The summed E-state index contributed by atoms with van der Waals surface area (Å²) >= 11 is 6.14. The van der Waals surface area contributed by atoms with E-state index in [1.54, 1.807) is 0 Å². The molecule has 5 heteroatoms. The maximum absolute atomic E-state index is 11.6. The quantitative estimate of drug-likeness (QED) is 0.558. The van der Waals surface area contributed by atoms with E-state index in [1.807, 2.05) is 19.1 Å². The molecule has 0 aliphatic carbocycles. The summed E-state index contributed by atoms with van der Waals surface area (Å²) < 4.78 is 0. The zero-order valence-corrected chi connectivity index (χ0v) is 17.6. The largest absolute Gasteiger partial charge is 0.361 e. The number of nitrogens with one attached hydrogen (secondary N) is 2. The van der Waals surface area contributed by atoms with Gasteiger partial charge < -0.3 is 10.3 Å². The number of fused-ring (bicyclic) bond motifs is 1. The van der Waals surface area contributed by atoms with Crippen LogP contribution in [0.25, 0.3) is 10.9 Å². The van der Waals surface area contributed by atoms with Gasteiger partial charge >= 0.3 is 0 Å². The predicted molar refractivity (Wildman–Crippen MR) is 119 cm³/mol. The van der Waals surface area contributed by atoms with E-state index in [9.17, 15) is 4.79 Å². The third-order valence-corrected chi connectivity index (χ3v) is 6.10. The van der Waals surface area contributed by atoms with Gasteiger partial charge in [-0.1, -0.05) is 55.3 Å². The van der Waals surface area contributed by atoms with Gasteiger partial charge in [-0.3, -0.25) is 9.69 Å². The fraction of sp³-hybridized carbons (Fsp3) is 0.375. The number of carbonyl (C=O) groups is 1. The second-order valence-corrected chi connectivity index (χ2v) is 8.30. The van der Waals surface area contributed by atoms with E-state index in [4.69, 9.17) is 11.6 Å². The standard InChI is InChI=1S/C24H28ClN3O/c1-2-24(29)27-14-17-6-5-7-18(12-17)23-8-3-4-11-28(23)16-19-15-26-22-13-20(25)9-10-21(19)22/h5-7,9-10,12-13,15,23,26H,2-4,8,11,14,16H2,1H3,(H,27,29). The first-order valence-electron chi connectivity index (χ1n) is 10.5. The van der Waals surface area contributed by atoms with Crippen LogP contribution in [0.4, 0.5) is 0 Å². The van der Waals surface area contributed by atoms with Crippen molar-refractivity contribution in [2.24, 2.45) is 0 Å². The van der Waals surface area contributed by atoms with Crippen molar-refractivity contribution >= 4 is 28.4 Å². The number of nitrogens with zero attached hydrogens (tertiary/aromatic N) is 1. The van der Waals surface area contributed by atoms with Gasteiger partial charge in [0.05, 0.1) is 0 Å². The lowest BCUT2D eigenvalue weighted by Crippen LogP contribution is -2.33. The highest BCUT2D eigenvalue weighted by molar-refractivity contribution is 6.31. The number of hydrogen-bond donors (Lipinski definition) is 2. The van der Waals surface area contributed by atoms with Crippen molar-refractivity contribution in [2.45, 2.75) is 51.7 Å². The van der Waals surface area contributed by atoms with Gasteiger partial charge in [-0.25, -0.2) is 0 Å². The van der Waals surface area contributed by atoms with Crippen molar-refractivity contribution in [1.29, 1.82) is 0 Å². The van der Waals surface area contributed by atoms with Crippen LogP contribution in [0.2, 0.25) is 5.02 Å². The van der Waals surface area contributed by atoms with Gasteiger partial charge in [0.25, 0.3) is 0 Å². The minimum Gasteiger partial charge on any atom is -0.361 e. The molecule has 1 aromatic heterocycles. The maximum atomic E-state index is 11.6. The summed E-state index contributed by atoms with van der Waals surface area (Å²) in [6.07, 6.45) is 6.28. The molecule has 1 amide bonds. The van der Waals surface area contributed by atoms with Gasteiger partial charge in [0, 0.05) is 47.7 Å². The zero-order valence-electron chi connectivity index (χ0n) is 16.9. The first-order valence-corrected chi connectivity index (χ1v) is 10.9. The predicted octanol–water partition coefficient (Wildman–Crippen LogP) is 5.57. The Morgan fingerprint density at radius 1 is 1.24 bits per heavy atom. The SMILES string of the molecule is CCC(=O)NCc1cccc(C2CCCCN2Cc2c[nH]c3cc(Cl)ccc23)c1. The van der Waals surface area contributed by atoms with Crippen molar-refractivity contribution in [1.82, 2.24) is 15.2 Å². The fourth-order valence-corrected chi connectivity index (χ4v) is 4.47. The number of halogens is 1. The molecular weight excluding hydrogens is 382 g/mol. The summed E-state index contributed by atoms with van der Waals surface area (Å²) in [5, 5.41) is 4.99. The molecule has 1 aliphatic heterocycles. The van der Waals surface area contributed by atoms with E-state index in [-0.39, 0.29) is 5.91 Å². The minimum absolute atomic E-state index is 0.0918. The smallest absolute Gasteiger partial charge is 0.219 e. The number of amides is 1. The number of likely N-dealkylation sites (tertiary alicyclic amines) is 1. The molecule has 0 saturated carbocycles. The number of benzene rings is 2. The lowest BCUT2D eigenvalue weighted by Gasteiger charge is -2.36. The second-order valence-electron chi connectivity index (χ2n) is 7.86. The van der Waals surface area contributed by atoms with Crippen molar-refractivity contribution in [3.63, 3.8) is 0 Å². The Balaban J connectivity index is 1.53. The van der Waals surface area contributed by atoms with E-state index in [0.717, 1.165) is 29.2 Å². The van der Waals surface area contributed by atoms with Crippen molar-refractivity contribution in [2.75, 3.05) is 6.54 Å². The molecule has 1 fully saturated rings. The highest BCUT2D eigenvalue weighted by Crippen LogP contribution is 2.34. The summed E-state index contributed by atoms with van der Waals surface area (Å²) in [4.78, 5) is 17.6. The van der Waals surface area contributed by atoms with E-state index >= 15 is 0 Å². The summed E-state index contributed by atoms with van der Waals surface area (Å²) in [6.45, 7) is 4.49. The Morgan fingerprint density at radius 2 is 2.14 bits per heavy atom. The van der Waals surface area contributed by atoms with E-state index < -0.39 is 0 Å². The van der Waals surface area contributed by atoms with E-state index in [1.165, 1.54) is 35.8 Å². The summed E-state index contributed by atoms with van der Waals surface area (Å²) in [5.74, 6) is 0.0918. The van der Waals surface area contributed by atoms with Crippen LogP contribution in [-0.4, -0.2) is 22.3 Å². The molecule has 2 aromatic carbocycles. The molecule has 0 radical (unpaired) electrons. The van der Waals surface area contributed by atoms with Gasteiger partial charge in [-0.15, -0.1) is 0 Å². The van der Waals surface area contributed by atoms with Crippen LogP contribution in [0.15, 0.2) is 48.7 Å². The lowest BCUT2D eigenvalue weighted by molar-refractivity contribution is -0.120. The maximum Gasteiger partial charge on any atom is 0.219 e. The van der Waals surface area contributed by atoms with Gasteiger partial charge in [-0.05, 0) is 48.2 Å². The second kappa shape index (κ2) is 9.02. The number of carbonyl (C=O) groups excluding carboxylic acids is 1. The van der Waals surface area contributed by atoms with Crippen LogP contribution in [0, 0.1) is 0 Å². The van der Waals surface area contributed by atoms with Crippen LogP contribution >= 0.6 is 11.6 Å². The molecule has 29 heavy (non-hydrogen) atoms. The lowest BCUT2D eigenvalue weighted by atomic mass is 9.93. The number of H-pyrrole nitrogens is 1. The van der Waals surface area contributed by atoms with Crippen LogP contribution in [0.3, 0.4) is 0 Å². The average molecular weight is 410 g/mol. The highest BCUT2D eigenvalue weighted by atomic mass is 35.5. The molecule has 152 valence electrons. The molecule has 1 aliphatic rings. The fourth-order valence-electron chi connectivity index (χ4n) is 4.30. The Bertz CT molecular complexity index is 997. The van der Waals surface area contributed by atoms with Crippen LogP contribution in [-0.2, 0) is 17.9 Å². The summed E-state index contributed by atoms with van der Waals surface area (Å²) in [7, 11) is 0. The van der Waals surface area contributed by atoms with Crippen LogP contribution in [0.5, 0.6) is 0 Å². The Kier molecular flexibility index (Phi) is 6.22. The molecule has 1 unspecified atom stereocenters. The molecule has 2 heterocycles. The number of piperidine rings is 1. The van der Waals surface area contributed by atoms with Crippen molar-refractivity contribution in [3.05, 3.63) is 70.4 Å². The van der Waals surface area contributed by atoms with Crippen molar-refractivity contribution < 1.29 is 4.79 Å². The number of aromatic nitrogens is 1. The Morgan fingerprint density at radius 3 is 3.00 bits per heavy atom. The third-order valence-electron chi connectivity index (χ3n) is 5.86. The van der Waals surface area contributed by atoms with Crippen LogP contribution in [0.1, 0.15) is 55.3 Å². The molecule has 4 nitrogen and oxygen atoms in total. The normalized spacial score (nSPS) is 17.5. The molecule has 3 aromatic rings. The summed E-state index contributed by atoms with van der Waals surface area (Å²) in [6, 6.07) is 15.2. The zero-order chi connectivity index (χ0) is 20.2. The molecular formula is C24H28ClN3O. The third kappa shape index (κ3) is 4.65.